The number of allylic oxidation sites excluding steroid dienone is 1. The molecule has 1 aliphatic rings. The van der Waals surface area contributed by atoms with Crippen molar-refractivity contribution < 1.29 is 22.7 Å². The molecule has 1 amide bonds. The fourth-order valence-corrected chi connectivity index (χ4v) is 4.18. The topological polar surface area (TPSA) is 91.4 Å². The maximum absolute atomic E-state index is 13.5. The molecule has 1 aliphatic heterocycles. The maximum Gasteiger partial charge on any atom is 0.416 e. The Hall–Kier alpha value is -4.60. The van der Waals surface area contributed by atoms with Crippen LogP contribution >= 0.6 is 0 Å². The second-order valence-electron chi connectivity index (χ2n) is 8.52. The van der Waals surface area contributed by atoms with Gasteiger partial charge in [-0.1, -0.05) is 12.1 Å². The number of aromatic amines is 1. The molecule has 188 valence electrons. The zero-order valence-corrected chi connectivity index (χ0v) is 19.9. The van der Waals surface area contributed by atoms with Crippen molar-refractivity contribution in [2.75, 3.05) is 12.4 Å². The summed E-state index contributed by atoms with van der Waals surface area (Å²) in [6.45, 7) is 1.74. The van der Waals surface area contributed by atoms with Crippen LogP contribution in [0.1, 0.15) is 29.7 Å². The summed E-state index contributed by atoms with van der Waals surface area (Å²) in [5.41, 5.74) is 2.62. The Balaban J connectivity index is 1.52. The largest absolute Gasteiger partial charge is 0.497 e. The number of aromatic nitrogens is 2. The minimum absolute atomic E-state index is 0.296. The van der Waals surface area contributed by atoms with Crippen molar-refractivity contribution in [3.63, 3.8) is 0 Å². The van der Waals surface area contributed by atoms with Crippen LogP contribution < -0.4 is 15.4 Å². The van der Waals surface area contributed by atoms with Gasteiger partial charge in [0.2, 0.25) is 0 Å². The number of methoxy groups -OCH3 is 1. The van der Waals surface area contributed by atoms with Crippen LogP contribution in [0.25, 0.3) is 10.9 Å². The highest BCUT2D eigenvalue weighted by atomic mass is 19.4. The number of carbonyl (C=O) groups is 1. The molecule has 0 spiro atoms. The predicted octanol–water partition coefficient (Wildman–Crippen LogP) is 5.59. The summed E-state index contributed by atoms with van der Waals surface area (Å²) in [6, 6.07) is 16.4. The summed E-state index contributed by atoms with van der Waals surface area (Å²) in [7, 11) is 1.56. The van der Waals surface area contributed by atoms with Crippen LogP contribution in [-0.4, -0.2) is 29.0 Å². The van der Waals surface area contributed by atoms with Gasteiger partial charge in [0.05, 0.1) is 30.0 Å². The number of rotatable bonds is 5. The van der Waals surface area contributed by atoms with Gasteiger partial charge in [-0.15, -0.1) is 0 Å². The second-order valence-corrected chi connectivity index (χ2v) is 8.52. The lowest BCUT2D eigenvalue weighted by Crippen LogP contribution is -2.34. The smallest absolute Gasteiger partial charge is 0.416 e. The Labute approximate surface area is 210 Å². The van der Waals surface area contributed by atoms with Crippen LogP contribution in [0.3, 0.4) is 0 Å². The molecule has 0 saturated heterocycles. The first kappa shape index (κ1) is 24.1. The zero-order chi connectivity index (χ0) is 26.2. The molecule has 0 radical (unpaired) electrons. The number of nitrogens with one attached hydrogen (secondary N) is 3. The summed E-state index contributed by atoms with van der Waals surface area (Å²) >= 11 is 0. The van der Waals surface area contributed by atoms with Crippen molar-refractivity contribution >= 4 is 28.3 Å². The van der Waals surface area contributed by atoms with Crippen molar-refractivity contribution in [2.24, 2.45) is 4.99 Å². The number of nitrogens with zero attached hydrogens (tertiary/aromatic N) is 2. The molecule has 3 N–H and O–H groups in total. The van der Waals surface area contributed by atoms with E-state index in [1.54, 1.807) is 50.6 Å². The predicted molar refractivity (Wildman–Crippen MR) is 134 cm³/mol. The molecule has 7 nitrogen and oxygen atoms in total. The second kappa shape index (κ2) is 9.45. The van der Waals surface area contributed by atoms with Crippen LogP contribution in [0.15, 0.2) is 89.2 Å². The number of ether oxygens (including phenoxy) is 1. The first-order valence-electron chi connectivity index (χ1n) is 11.3. The van der Waals surface area contributed by atoms with E-state index in [1.807, 2.05) is 12.1 Å². The summed E-state index contributed by atoms with van der Waals surface area (Å²) < 4.78 is 44.7. The van der Waals surface area contributed by atoms with E-state index in [0.717, 1.165) is 28.6 Å². The summed E-state index contributed by atoms with van der Waals surface area (Å²) in [5.74, 6) is 0.734. The van der Waals surface area contributed by atoms with E-state index < -0.39 is 23.7 Å². The molecule has 0 bridgehead atoms. The van der Waals surface area contributed by atoms with Crippen LogP contribution in [0.4, 0.5) is 18.9 Å². The third-order valence-electron chi connectivity index (χ3n) is 6.10. The van der Waals surface area contributed by atoms with Gasteiger partial charge in [-0.25, -0.2) is 0 Å². The lowest BCUT2D eigenvalue weighted by atomic mass is 9.94. The van der Waals surface area contributed by atoms with E-state index >= 15 is 0 Å². The highest BCUT2D eigenvalue weighted by molar-refractivity contribution is 6.09. The van der Waals surface area contributed by atoms with Crippen molar-refractivity contribution in [3.05, 3.63) is 101 Å². The Morgan fingerprint density at radius 1 is 1.03 bits per heavy atom. The number of alkyl halides is 3. The van der Waals surface area contributed by atoms with Crippen molar-refractivity contribution in [1.82, 2.24) is 15.5 Å². The SMILES string of the molecule is COc1ccc(C2=NC(c3ccc(C(F)(F)F)cc3)C(C(=O)Nc3ccc4[nH]ncc4c3)=C(C)N2)cc1. The minimum Gasteiger partial charge on any atom is -0.497 e. The lowest BCUT2D eigenvalue weighted by Gasteiger charge is -2.27. The van der Waals surface area contributed by atoms with Gasteiger partial charge in [-0.2, -0.15) is 18.3 Å². The highest BCUT2D eigenvalue weighted by Gasteiger charge is 2.33. The first-order chi connectivity index (χ1) is 17.7. The summed E-state index contributed by atoms with van der Waals surface area (Å²) in [6.07, 6.45) is -2.82. The number of carbonyl (C=O) groups excluding carboxylic acids is 1. The van der Waals surface area contributed by atoms with Gasteiger partial charge in [-0.05, 0) is 67.1 Å². The van der Waals surface area contributed by atoms with Gasteiger partial charge in [0, 0.05) is 22.3 Å². The molecule has 1 unspecified atom stereocenters. The van der Waals surface area contributed by atoms with Gasteiger partial charge in [-0.3, -0.25) is 14.9 Å². The lowest BCUT2D eigenvalue weighted by molar-refractivity contribution is -0.137. The molecular formula is C27H22F3N5O2. The van der Waals surface area contributed by atoms with Gasteiger partial charge in [0.25, 0.3) is 5.91 Å². The standard InChI is InChI=1S/C27H22F3N5O2/c1-15-23(26(36)33-20-9-12-22-18(13-20)14-31-35-22)24(16-3-7-19(8-4-16)27(28,29)30)34-25(32-15)17-5-10-21(37-2)11-6-17/h3-14,24H,1-2H3,(H,31,35)(H,32,34)(H,33,36). The molecule has 5 rings (SSSR count). The summed E-state index contributed by atoms with van der Waals surface area (Å²) in [5, 5.41) is 13.7. The summed E-state index contributed by atoms with van der Waals surface area (Å²) in [4.78, 5) is 18.2. The maximum atomic E-state index is 13.5. The number of H-pyrrole nitrogens is 1. The quantitative estimate of drug-likeness (QED) is 0.330. The number of amides is 1. The van der Waals surface area contributed by atoms with Crippen LogP contribution in [-0.2, 0) is 11.0 Å². The van der Waals surface area contributed by atoms with E-state index in [1.165, 1.54) is 12.1 Å². The fraction of sp³-hybridized carbons (Fsp3) is 0.148. The number of anilines is 1. The molecule has 37 heavy (non-hydrogen) atoms. The average molecular weight is 506 g/mol. The minimum atomic E-state index is -4.47. The van der Waals surface area contributed by atoms with Gasteiger partial charge in [0.15, 0.2) is 0 Å². The van der Waals surface area contributed by atoms with Crippen molar-refractivity contribution in [3.8, 4) is 5.75 Å². The first-order valence-corrected chi connectivity index (χ1v) is 11.3. The molecule has 1 atom stereocenters. The molecule has 10 heteroatoms. The number of halogens is 3. The van der Waals surface area contributed by atoms with Crippen LogP contribution in [0, 0.1) is 0 Å². The molecule has 1 aromatic heterocycles. The van der Waals surface area contributed by atoms with Gasteiger partial charge < -0.3 is 15.4 Å². The molecule has 4 aromatic rings. The van der Waals surface area contributed by atoms with E-state index in [9.17, 15) is 18.0 Å². The third kappa shape index (κ3) is 4.90. The molecule has 2 heterocycles. The van der Waals surface area contributed by atoms with Crippen molar-refractivity contribution in [2.45, 2.75) is 19.1 Å². The van der Waals surface area contributed by atoms with Gasteiger partial charge in [0.1, 0.15) is 17.6 Å². The van der Waals surface area contributed by atoms with Gasteiger partial charge >= 0.3 is 6.18 Å². The molecule has 0 aliphatic carbocycles. The Morgan fingerprint density at radius 2 is 1.76 bits per heavy atom. The molecular weight excluding hydrogens is 483 g/mol. The van der Waals surface area contributed by atoms with E-state index in [0.29, 0.717) is 34.1 Å². The number of fused-ring (bicyclic) bond motifs is 1. The van der Waals surface area contributed by atoms with Crippen LogP contribution in [0.2, 0.25) is 0 Å². The Kier molecular flexibility index (Phi) is 6.16. The number of benzene rings is 3. The van der Waals surface area contributed by atoms with Crippen molar-refractivity contribution in [1.29, 1.82) is 0 Å². The zero-order valence-electron chi connectivity index (χ0n) is 19.9. The molecule has 0 fully saturated rings. The fourth-order valence-electron chi connectivity index (χ4n) is 4.18. The Morgan fingerprint density at radius 3 is 2.43 bits per heavy atom. The van der Waals surface area contributed by atoms with E-state index in [-0.39, 0.29) is 0 Å². The number of hydrogen-bond acceptors (Lipinski definition) is 5. The highest BCUT2D eigenvalue weighted by Crippen LogP contribution is 2.35. The normalized spacial score (nSPS) is 15.8. The number of hydrogen-bond donors (Lipinski definition) is 3. The molecule has 3 aromatic carbocycles. The average Bonchev–Trinajstić information content (AvgIpc) is 3.36. The Bertz CT molecular complexity index is 1520. The number of aliphatic imine (C=N–C) groups is 1. The van der Waals surface area contributed by atoms with E-state index in [2.05, 4.69) is 20.8 Å². The number of amidine groups is 1. The van der Waals surface area contributed by atoms with Crippen LogP contribution in [0.5, 0.6) is 5.75 Å². The third-order valence-corrected chi connectivity index (χ3v) is 6.10. The monoisotopic (exact) mass is 505 g/mol. The van der Waals surface area contributed by atoms with E-state index in [4.69, 9.17) is 9.73 Å². The molecule has 0 saturated carbocycles.